The lowest BCUT2D eigenvalue weighted by atomic mass is 9.96. The number of benzene rings is 1. The molecule has 0 atom stereocenters. The molecule has 0 heterocycles. The summed E-state index contributed by atoms with van der Waals surface area (Å²) in [6.45, 7) is 6.19. The van der Waals surface area contributed by atoms with Gasteiger partial charge in [-0.2, -0.15) is 0 Å². The largest absolute Gasteiger partial charge is 0.496 e. The van der Waals surface area contributed by atoms with Gasteiger partial charge in [0.2, 0.25) is 5.91 Å². The van der Waals surface area contributed by atoms with Crippen molar-refractivity contribution in [3.63, 3.8) is 0 Å². The molecule has 19 heavy (non-hydrogen) atoms. The second-order valence-electron chi connectivity index (χ2n) is 5.08. The Kier molecular flexibility index (Phi) is 5.36. The first-order chi connectivity index (χ1) is 8.86. The van der Waals surface area contributed by atoms with Gasteiger partial charge in [0.05, 0.1) is 7.11 Å². The zero-order valence-corrected chi connectivity index (χ0v) is 12.8. The highest BCUT2D eigenvalue weighted by Crippen LogP contribution is 2.30. The van der Waals surface area contributed by atoms with E-state index in [4.69, 9.17) is 4.74 Å². The quantitative estimate of drug-likeness (QED) is 0.829. The van der Waals surface area contributed by atoms with Gasteiger partial charge in [-0.3, -0.25) is 10.2 Å². The Labute approximate surface area is 115 Å². The molecule has 0 saturated carbocycles. The molecule has 106 valence electrons. The third-order valence-electron chi connectivity index (χ3n) is 3.27. The van der Waals surface area contributed by atoms with Crippen LogP contribution in [0.3, 0.4) is 0 Å². The predicted molar refractivity (Wildman–Crippen MR) is 77.4 cm³/mol. The molecule has 0 saturated heterocycles. The summed E-state index contributed by atoms with van der Waals surface area (Å²) in [7, 11) is 5.30. The summed E-state index contributed by atoms with van der Waals surface area (Å²) in [6, 6.07) is 2.15. The lowest BCUT2D eigenvalue weighted by molar-refractivity contribution is -0.124. The maximum Gasteiger partial charge on any atom is 0.234 e. The number of amides is 1. The van der Waals surface area contributed by atoms with E-state index in [9.17, 15) is 4.79 Å². The van der Waals surface area contributed by atoms with Crippen molar-refractivity contribution >= 4 is 5.91 Å². The van der Waals surface area contributed by atoms with Crippen LogP contribution in [0.15, 0.2) is 6.07 Å². The van der Waals surface area contributed by atoms with Crippen molar-refractivity contribution in [2.45, 2.75) is 33.6 Å². The van der Waals surface area contributed by atoms with Crippen molar-refractivity contribution in [3.05, 3.63) is 28.3 Å². The average molecular weight is 264 g/mol. The Morgan fingerprint density at radius 1 is 1.26 bits per heavy atom. The highest BCUT2D eigenvalue weighted by atomic mass is 16.5. The van der Waals surface area contributed by atoms with E-state index in [0.717, 1.165) is 16.9 Å². The highest BCUT2D eigenvalue weighted by molar-refractivity contribution is 5.75. The number of carbonyl (C=O) groups is 1. The van der Waals surface area contributed by atoms with E-state index in [1.54, 1.807) is 26.2 Å². The maximum atomic E-state index is 11.7. The minimum atomic E-state index is 0.0182. The third-order valence-corrected chi connectivity index (χ3v) is 3.27. The Bertz CT molecular complexity index is 468. The number of nitrogens with zero attached hydrogens (tertiary/aromatic N) is 1. The van der Waals surface area contributed by atoms with Gasteiger partial charge in [-0.1, -0.05) is 6.07 Å². The van der Waals surface area contributed by atoms with Gasteiger partial charge < -0.3 is 4.74 Å². The number of hydrazine groups is 1. The molecule has 0 unspecified atom stereocenters. The van der Waals surface area contributed by atoms with Crippen molar-refractivity contribution in [2.24, 2.45) is 0 Å². The van der Waals surface area contributed by atoms with Crippen LogP contribution in [-0.2, 0) is 11.2 Å². The molecule has 1 rings (SSSR count). The lowest BCUT2D eigenvalue weighted by Gasteiger charge is -2.17. The molecule has 1 N–H and O–H groups in total. The van der Waals surface area contributed by atoms with Crippen LogP contribution in [0.5, 0.6) is 5.75 Å². The summed E-state index contributed by atoms with van der Waals surface area (Å²) in [4.78, 5) is 11.7. The molecule has 0 radical (unpaired) electrons. The fourth-order valence-corrected chi connectivity index (χ4v) is 2.24. The van der Waals surface area contributed by atoms with E-state index in [1.165, 1.54) is 11.1 Å². The van der Waals surface area contributed by atoms with Crippen LogP contribution in [0.4, 0.5) is 0 Å². The Morgan fingerprint density at radius 2 is 1.89 bits per heavy atom. The summed E-state index contributed by atoms with van der Waals surface area (Å²) in [5.41, 5.74) is 7.42. The van der Waals surface area contributed by atoms with Gasteiger partial charge in [-0.05, 0) is 49.4 Å². The van der Waals surface area contributed by atoms with Crippen LogP contribution in [0.1, 0.15) is 28.7 Å². The van der Waals surface area contributed by atoms with E-state index in [0.29, 0.717) is 12.8 Å². The summed E-state index contributed by atoms with van der Waals surface area (Å²) in [5.74, 6) is 0.930. The molecule has 0 aliphatic heterocycles. The number of hydrogen-bond acceptors (Lipinski definition) is 3. The van der Waals surface area contributed by atoms with Crippen LogP contribution >= 0.6 is 0 Å². The SMILES string of the molecule is COc1c(C)c(C)cc(C)c1CCC(=O)NN(C)C. The van der Waals surface area contributed by atoms with E-state index >= 15 is 0 Å². The second-order valence-corrected chi connectivity index (χ2v) is 5.08. The third kappa shape index (κ3) is 3.96. The predicted octanol–water partition coefficient (Wildman–Crippen LogP) is 2.15. The standard InChI is InChI=1S/C15H24N2O2/c1-10-9-11(2)13(15(19-6)12(10)3)7-8-14(18)16-17(4)5/h9H,7-8H2,1-6H3,(H,16,18). The normalized spacial score (nSPS) is 10.7. The molecule has 1 aromatic rings. The van der Waals surface area contributed by atoms with Crippen LogP contribution < -0.4 is 10.2 Å². The molecular weight excluding hydrogens is 240 g/mol. The number of methoxy groups -OCH3 is 1. The molecule has 0 bridgehead atoms. The van der Waals surface area contributed by atoms with Gasteiger partial charge in [0.25, 0.3) is 0 Å². The van der Waals surface area contributed by atoms with Gasteiger partial charge >= 0.3 is 0 Å². The fraction of sp³-hybridized carbons (Fsp3) is 0.533. The fourth-order valence-electron chi connectivity index (χ4n) is 2.24. The number of aryl methyl sites for hydroxylation is 2. The minimum Gasteiger partial charge on any atom is -0.496 e. The molecule has 1 amide bonds. The molecule has 4 nitrogen and oxygen atoms in total. The van der Waals surface area contributed by atoms with Gasteiger partial charge in [0.1, 0.15) is 5.75 Å². The van der Waals surface area contributed by atoms with Gasteiger partial charge in [0.15, 0.2) is 0 Å². The van der Waals surface area contributed by atoms with Gasteiger partial charge in [-0.25, -0.2) is 5.01 Å². The zero-order valence-electron chi connectivity index (χ0n) is 12.8. The molecular formula is C15H24N2O2. The number of rotatable bonds is 5. The summed E-state index contributed by atoms with van der Waals surface area (Å²) in [5, 5.41) is 1.66. The van der Waals surface area contributed by atoms with E-state index in [1.807, 2.05) is 0 Å². The number of ether oxygens (including phenoxy) is 1. The first kappa shape index (κ1) is 15.5. The molecule has 0 spiro atoms. The van der Waals surface area contributed by atoms with Crippen molar-refractivity contribution in [1.29, 1.82) is 0 Å². The molecule has 4 heteroatoms. The number of hydrogen-bond donors (Lipinski definition) is 1. The first-order valence-corrected chi connectivity index (χ1v) is 6.47. The lowest BCUT2D eigenvalue weighted by Crippen LogP contribution is -2.36. The molecule has 0 fully saturated rings. The van der Waals surface area contributed by atoms with Crippen LogP contribution in [-0.4, -0.2) is 32.1 Å². The molecule has 0 aliphatic carbocycles. The van der Waals surface area contributed by atoms with E-state index in [2.05, 4.69) is 32.3 Å². The van der Waals surface area contributed by atoms with E-state index < -0.39 is 0 Å². The second kappa shape index (κ2) is 6.57. The summed E-state index contributed by atoms with van der Waals surface area (Å²) in [6.07, 6.45) is 1.15. The minimum absolute atomic E-state index is 0.0182. The van der Waals surface area contributed by atoms with Gasteiger partial charge in [-0.15, -0.1) is 0 Å². The molecule has 1 aromatic carbocycles. The number of carbonyl (C=O) groups excluding carboxylic acids is 1. The number of nitrogens with one attached hydrogen (secondary N) is 1. The van der Waals surface area contributed by atoms with E-state index in [-0.39, 0.29) is 5.91 Å². The highest BCUT2D eigenvalue weighted by Gasteiger charge is 2.13. The summed E-state index contributed by atoms with van der Waals surface area (Å²) >= 11 is 0. The summed E-state index contributed by atoms with van der Waals surface area (Å²) < 4.78 is 5.51. The van der Waals surface area contributed by atoms with Crippen LogP contribution in [0.25, 0.3) is 0 Å². The molecule has 0 aliphatic rings. The zero-order chi connectivity index (χ0) is 14.6. The Hall–Kier alpha value is -1.55. The maximum absolute atomic E-state index is 11.7. The Morgan fingerprint density at radius 3 is 2.42 bits per heavy atom. The van der Waals surface area contributed by atoms with Crippen molar-refractivity contribution < 1.29 is 9.53 Å². The van der Waals surface area contributed by atoms with Crippen LogP contribution in [0.2, 0.25) is 0 Å². The Balaban J connectivity index is 2.89. The smallest absolute Gasteiger partial charge is 0.234 e. The van der Waals surface area contributed by atoms with Crippen LogP contribution in [0, 0.1) is 20.8 Å². The van der Waals surface area contributed by atoms with Crippen molar-refractivity contribution in [1.82, 2.24) is 10.4 Å². The molecule has 0 aromatic heterocycles. The monoisotopic (exact) mass is 264 g/mol. The first-order valence-electron chi connectivity index (χ1n) is 6.47. The van der Waals surface area contributed by atoms with Crippen molar-refractivity contribution in [3.8, 4) is 5.75 Å². The average Bonchev–Trinajstić information content (AvgIpc) is 2.31. The van der Waals surface area contributed by atoms with Gasteiger partial charge in [0, 0.05) is 20.5 Å². The topological polar surface area (TPSA) is 41.6 Å². The van der Waals surface area contributed by atoms with Crippen molar-refractivity contribution in [2.75, 3.05) is 21.2 Å².